The summed E-state index contributed by atoms with van der Waals surface area (Å²) in [6, 6.07) is -0.226. The molecule has 0 aromatic heterocycles. The Kier molecular flexibility index (Phi) is 4.46. The fraction of sp³-hybridized carbons (Fsp3) is 0.846. The molecule has 19 heavy (non-hydrogen) atoms. The third-order valence-electron chi connectivity index (χ3n) is 3.97. The number of urea groups is 1. The van der Waals surface area contributed by atoms with Gasteiger partial charge in [-0.3, -0.25) is 9.69 Å². The van der Waals surface area contributed by atoms with Crippen LogP contribution >= 0.6 is 0 Å². The molecule has 5 nitrogen and oxygen atoms in total. The second kappa shape index (κ2) is 5.24. The molecule has 0 radical (unpaired) electrons. The van der Waals surface area contributed by atoms with Gasteiger partial charge in [-0.1, -0.05) is 20.8 Å². The monoisotopic (exact) mass is 286 g/mol. The van der Waals surface area contributed by atoms with Crippen LogP contribution in [-0.4, -0.2) is 56.3 Å². The number of carbonyl (C=O) groups excluding carboxylic acids is 2. The van der Waals surface area contributed by atoms with Gasteiger partial charge < -0.3 is 9.33 Å². The van der Waals surface area contributed by atoms with Gasteiger partial charge in [-0.15, -0.1) is 0 Å². The van der Waals surface area contributed by atoms with E-state index in [9.17, 15) is 9.59 Å². The molecule has 1 saturated heterocycles. The maximum atomic E-state index is 11.8. The highest BCUT2D eigenvalue weighted by atomic mass is 28.4. The van der Waals surface area contributed by atoms with Crippen molar-refractivity contribution in [2.45, 2.75) is 51.9 Å². The second-order valence-electron chi connectivity index (χ2n) is 6.83. The van der Waals surface area contributed by atoms with Crippen molar-refractivity contribution in [3.05, 3.63) is 0 Å². The van der Waals surface area contributed by atoms with Crippen LogP contribution in [0.5, 0.6) is 0 Å². The van der Waals surface area contributed by atoms with Crippen LogP contribution in [0.2, 0.25) is 18.1 Å². The van der Waals surface area contributed by atoms with Crippen LogP contribution < -0.4 is 0 Å². The quantitative estimate of drug-likeness (QED) is 0.588. The molecule has 3 amide bonds. The molecule has 6 heteroatoms. The highest BCUT2D eigenvalue weighted by molar-refractivity contribution is 6.74. The van der Waals surface area contributed by atoms with E-state index in [4.69, 9.17) is 4.43 Å². The Morgan fingerprint density at radius 3 is 2.21 bits per heavy atom. The molecule has 0 bridgehead atoms. The van der Waals surface area contributed by atoms with Crippen molar-refractivity contribution in [1.82, 2.24) is 9.80 Å². The molecule has 1 aliphatic rings. The van der Waals surface area contributed by atoms with Crippen molar-refractivity contribution in [3.63, 3.8) is 0 Å². The second-order valence-corrected chi connectivity index (χ2v) is 11.6. The molecule has 0 aliphatic carbocycles. The van der Waals surface area contributed by atoms with Crippen LogP contribution in [0.3, 0.4) is 0 Å². The van der Waals surface area contributed by atoms with Gasteiger partial charge in [0, 0.05) is 7.05 Å². The molecule has 1 heterocycles. The van der Waals surface area contributed by atoms with Crippen LogP contribution in [0.4, 0.5) is 4.79 Å². The predicted molar refractivity (Wildman–Crippen MR) is 77.5 cm³/mol. The SMILES string of the molecule is CC(CN1C(=O)CN(C)C1=O)O[Si](C)(C)C(C)(C)C. The number of nitrogens with zero attached hydrogens (tertiary/aromatic N) is 2. The average molecular weight is 286 g/mol. The minimum atomic E-state index is -1.86. The van der Waals surface area contributed by atoms with Gasteiger partial charge in [0.25, 0.3) is 0 Å². The van der Waals surface area contributed by atoms with Gasteiger partial charge in [0.05, 0.1) is 12.6 Å². The average Bonchev–Trinajstić information content (AvgIpc) is 2.42. The molecular formula is C13H26N2O3Si. The van der Waals surface area contributed by atoms with E-state index in [1.165, 1.54) is 9.80 Å². The maximum Gasteiger partial charge on any atom is 0.327 e. The summed E-state index contributed by atoms with van der Waals surface area (Å²) in [5.41, 5.74) is 0. The number of rotatable bonds is 4. The molecule has 110 valence electrons. The van der Waals surface area contributed by atoms with E-state index in [1.54, 1.807) is 7.05 Å². The number of imide groups is 1. The lowest BCUT2D eigenvalue weighted by Gasteiger charge is -2.39. The van der Waals surface area contributed by atoms with Gasteiger partial charge in [-0.05, 0) is 25.1 Å². The highest BCUT2D eigenvalue weighted by Crippen LogP contribution is 2.37. The van der Waals surface area contributed by atoms with Crippen molar-refractivity contribution in [3.8, 4) is 0 Å². The molecule has 0 aromatic carbocycles. The zero-order valence-electron chi connectivity index (χ0n) is 13.1. The Hall–Kier alpha value is -0.883. The van der Waals surface area contributed by atoms with Crippen LogP contribution in [0.1, 0.15) is 27.7 Å². The molecule has 0 spiro atoms. The molecule has 1 fully saturated rings. The Bertz CT molecular complexity index is 377. The Morgan fingerprint density at radius 2 is 1.84 bits per heavy atom. The number of amides is 3. The van der Waals surface area contributed by atoms with E-state index < -0.39 is 8.32 Å². The summed E-state index contributed by atoms with van der Waals surface area (Å²) in [4.78, 5) is 26.2. The van der Waals surface area contributed by atoms with E-state index in [1.807, 2.05) is 6.92 Å². The van der Waals surface area contributed by atoms with Crippen molar-refractivity contribution in [1.29, 1.82) is 0 Å². The lowest BCUT2D eigenvalue weighted by molar-refractivity contribution is -0.126. The summed E-state index contributed by atoms with van der Waals surface area (Å²) in [5.74, 6) is -0.141. The summed E-state index contributed by atoms with van der Waals surface area (Å²) >= 11 is 0. The minimum absolute atomic E-state index is 0.122. The normalized spacial score (nSPS) is 19.3. The van der Waals surface area contributed by atoms with Crippen molar-refractivity contribution in [2.75, 3.05) is 20.1 Å². The summed E-state index contributed by atoms with van der Waals surface area (Å²) in [6.45, 7) is 13.3. The number of likely N-dealkylation sites (N-methyl/N-ethyl adjacent to an activating group) is 1. The highest BCUT2D eigenvalue weighted by Gasteiger charge is 2.40. The molecule has 0 N–H and O–H groups in total. The summed E-state index contributed by atoms with van der Waals surface area (Å²) in [6.07, 6.45) is -0.125. The van der Waals surface area contributed by atoms with Gasteiger partial charge in [-0.2, -0.15) is 0 Å². The topological polar surface area (TPSA) is 49.9 Å². The van der Waals surface area contributed by atoms with Gasteiger partial charge in [-0.25, -0.2) is 4.79 Å². The summed E-state index contributed by atoms with van der Waals surface area (Å²) < 4.78 is 6.17. The van der Waals surface area contributed by atoms with Crippen LogP contribution in [0.15, 0.2) is 0 Å². The number of carbonyl (C=O) groups is 2. The Morgan fingerprint density at radius 1 is 1.32 bits per heavy atom. The lowest BCUT2D eigenvalue weighted by Crippen LogP contribution is -2.47. The molecule has 1 aliphatic heterocycles. The summed E-state index contributed by atoms with van der Waals surface area (Å²) in [5, 5.41) is 0.122. The molecule has 1 unspecified atom stereocenters. The van der Waals surface area contributed by atoms with Crippen LogP contribution in [0, 0.1) is 0 Å². The zero-order valence-corrected chi connectivity index (χ0v) is 14.1. The van der Waals surface area contributed by atoms with Gasteiger partial charge in [0.1, 0.15) is 6.54 Å². The van der Waals surface area contributed by atoms with E-state index in [-0.39, 0.29) is 29.6 Å². The molecule has 1 atom stereocenters. The first kappa shape index (κ1) is 16.2. The largest absolute Gasteiger partial charge is 0.412 e. The van der Waals surface area contributed by atoms with Crippen molar-refractivity contribution >= 4 is 20.3 Å². The maximum absolute atomic E-state index is 11.8. The van der Waals surface area contributed by atoms with Gasteiger partial charge >= 0.3 is 6.03 Å². The fourth-order valence-corrected chi connectivity index (χ4v) is 3.26. The van der Waals surface area contributed by atoms with Crippen LogP contribution in [0.25, 0.3) is 0 Å². The van der Waals surface area contributed by atoms with Gasteiger partial charge in [0.15, 0.2) is 8.32 Å². The third-order valence-corrected chi connectivity index (χ3v) is 8.58. The van der Waals surface area contributed by atoms with Crippen LogP contribution in [-0.2, 0) is 9.22 Å². The molecular weight excluding hydrogens is 260 g/mol. The van der Waals surface area contributed by atoms with E-state index in [0.717, 1.165) is 0 Å². The van der Waals surface area contributed by atoms with E-state index in [0.29, 0.717) is 6.54 Å². The lowest BCUT2D eigenvalue weighted by atomic mass is 10.2. The first-order valence-electron chi connectivity index (χ1n) is 6.69. The first-order chi connectivity index (χ1) is 8.45. The Balaban J connectivity index is 2.64. The Labute approximate surface area is 117 Å². The number of hydrogen-bond acceptors (Lipinski definition) is 3. The fourth-order valence-electron chi connectivity index (χ4n) is 1.82. The van der Waals surface area contributed by atoms with Crippen molar-refractivity contribution < 1.29 is 14.0 Å². The predicted octanol–water partition coefficient (Wildman–Crippen LogP) is 2.29. The number of hydrogen-bond donors (Lipinski definition) is 0. The summed E-state index contributed by atoms with van der Waals surface area (Å²) in [7, 11) is -0.225. The molecule has 0 aromatic rings. The first-order valence-corrected chi connectivity index (χ1v) is 9.60. The standard InChI is InChI=1S/C13H26N2O3Si/c1-10(18-19(6,7)13(2,3)4)8-15-11(16)9-14(5)12(15)17/h10H,8-9H2,1-7H3. The minimum Gasteiger partial charge on any atom is -0.412 e. The molecule has 1 rings (SSSR count). The molecule has 0 saturated carbocycles. The third kappa shape index (κ3) is 3.57. The van der Waals surface area contributed by atoms with Gasteiger partial charge in [0.2, 0.25) is 5.91 Å². The zero-order chi connectivity index (χ0) is 15.0. The smallest absolute Gasteiger partial charge is 0.327 e. The van der Waals surface area contributed by atoms with E-state index >= 15 is 0 Å². The van der Waals surface area contributed by atoms with E-state index in [2.05, 4.69) is 33.9 Å². The van der Waals surface area contributed by atoms with Crippen molar-refractivity contribution in [2.24, 2.45) is 0 Å².